The molecule has 0 unspecified atom stereocenters. The molecule has 0 fully saturated rings. The van der Waals surface area contributed by atoms with Gasteiger partial charge in [-0.25, -0.2) is 9.97 Å². The van der Waals surface area contributed by atoms with Crippen LogP contribution < -0.4 is 15.4 Å². The molecule has 3 aromatic rings. The van der Waals surface area contributed by atoms with E-state index in [1.807, 2.05) is 68.4 Å². The summed E-state index contributed by atoms with van der Waals surface area (Å²) >= 11 is 0. The molecule has 6 nitrogen and oxygen atoms in total. The molecule has 0 radical (unpaired) electrons. The number of ether oxygens (including phenoxy) is 1. The second-order valence-electron chi connectivity index (χ2n) is 5.92. The molecule has 132 valence electrons. The third-order valence-corrected chi connectivity index (χ3v) is 3.43. The number of carbonyl (C=O) groups excluding carboxylic acids is 1. The lowest BCUT2D eigenvalue weighted by Gasteiger charge is -2.11. The Morgan fingerprint density at radius 2 is 1.69 bits per heavy atom. The van der Waals surface area contributed by atoms with Gasteiger partial charge in [0.1, 0.15) is 23.6 Å². The van der Waals surface area contributed by atoms with Crippen molar-refractivity contribution in [1.29, 1.82) is 0 Å². The lowest BCUT2D eigenvalue weighted by molar-refractivity contribution is 0.102. The largest absolute Gasteiger partial charge is 0.491 e. The van der Waals surface area contributed by atoms with Gasteiger partial charge in [-0.3, -0.25) is 4.79 Å². The highest BCUT2D eigenvalue weighted by molar-refractivity contribution is 6.03. The van der Waals surface area contributed by atoms with Gasteiger partial charge in [0.05, 0.1) is 6.10 Å². The fourth-order valence-electron chi connectivity index (χ4n) is 2.30. The monoisotopic (exact) mass is 348 g/mol. The Hall–Kier alpha value is -3.41. The van der Waals surface area contributed by atoms with Gasteiger partial charge >= 0.3 is 0 Å². The smallest absolute Gasteiger partial charge is 0.274 e. The SMILES string of the molecule is CC(C)Oc1ccc(Nc2cc(C(=O)Nc3ccccc3)ncn2)cc1. The van der Waals surface area contributed by atoms with Crippen molar-refractivity contribution in [3.8, 4) is 5.75 Å². The average Bonchev–Trinajstić information content (AvgIpc) is 2.64. The van der Waals surface area contributed by atoms with E-state index in [0.717, 1.165) is 11.4 Å². The van der Waals surface area contributed by atoms with Crippen molar-refractivity contribution in [2.75, 3.05) is 10.6 Å². The molecule has 0 aliphatic carbocycles. The average molecular weight is 348 g/mol. The number of para-hydroxylation sites is 1. The van der Waals surface area contributed by atoms with Crippen LogP contribution in [-0.4, -0.2) is 22.0 Å². The molecule has 1 amide bonds. The Kier molecular flexibility index (Phi) is 5.43. The highest BCUT2D eigenvalue weighted by Crippen LogP contribution is 2.20. The molecule has 1 aromatic heterocycles. The topological polar surface area (TPSA) is 76.1 Å². The third-order valence-electron chi connectivity index (χ3n) is 3.43. The molecule has 0 atom stereocenters. The minimum absolute atomic E-state index is 0.126. The summed E-state index contributed by atoms with van der Waals surface area (Å²) < 4.78 is 5.62. The van der Waals surface area contributed by atoms with Crippen LogP contribution in [0, 0.1) is 0 Å². The van der Waals surface area contributed by atoms with Crippen LogP contribution in [0.1, 0.15) is 24.3 Å². The van der Waals surface area contributed by atoms with Crippen LogP contribution >= 0.6 is 0 Å². The van der Waals surface area contributed by atoms with Gasteiger partial charge in [0.25, 0.3) is 5.91 Å². The van der Waals surface area contributed by atoms with E-state index in [-0.39, 0.29) is 17.7 Å². The number of benzene rings is 2. The summed E-state index contributed by atoms with van der Waals surface area (Å²) in [5.74, 6) is 1.05. The van der Waals surface area contributed by atoms with E-state index in [2.05, 4.69) is 20.6 Å². The van der Waals surface area contributed by atoms with E-state index in [1.165, 1.54) is 6.33 Å². The van der Waals surface area contributed by atoms with Gasteiger partial charge in [0.15, 0.2) is 0 Å². The van der Waals surface area contributed by atoms with Gasteiger partial charge < -0.3 is 15.4 Å². The van der Waals surface area contributed by atoms with E-state index in [4.69, 9.17) is 4.74 Å². The summed E-state index contributed by atoms with van der Waals surface area (Å²) in [5, 5.41) is 5.96. The van der Waals surface area contributed by atoms with E-state index in [1.54, 1.807) is 6.07 Å². The second-order valence-corrected chi connectivity index (χ2v) is 5.92. The highest BCUT2D eigenvalue weighted by Gasteiger charge is 2.09. The van der Waals surface area contributed by atoms with Crippen molar-refractivity contribution in [2.24, 2.45) is 0 Å². The third kappa shape index (κ3) is 4.80. The van der Waals surface area contributed by atoms with Gasteiger partial charge in [-0.05, 0) is 50.2 Å². The lowest BCUT2D eigenvalue weighted by atomic mass is 10.3. The fraction of sp³-hybridized carbons (Fsp3) is 0.150. The van der Waals surface area contributed by atoms with E-state index >= 15 is 0 Å². The Balaban J connectivity index is 1.68. The number of carbonyl (C=O) groups is 1. The normalized spacial score (nSPS) is 10.4. The minimum Gasteiger partial charge on any atom is -0.491 e. The number of rotatable bonds is 6. The number of nitrogens with zero attached hydrogens (tertiary/aromatic N) is 2. The molecular weight excluding hydrogens is 328 g/mol. The summed E-state index contributed by atoms with van der Waals surface area (Å²) in [7, 11) is 0. The predicted octanol–water partition coefficient (Wildman–Crippen LogP) is 4.26. The van der Waals surface area contributed by atoms with Gasteiger partial charge in [-0.1, -0.05) is 18.2 Å². The Morgan fingerprint density at radius 3 is 2.38 bits per heavy atom. The minimum atomic E-state index is -0.290. The van der Waals surface area contributed by atoms with Crippen LogP contribution in [0.2, 0.25) is 0 Å². The summed E-state index contributed by atoms with van der Waals surface area (Å²) in [4.78, 5) is 20.5. The maximum Gasteiger partial charge on any atom is 0.274 e. The van der Waals surface area contributed by atoms with Crippen molar-refractivity contribution in [3.63, 3.8) is 0 Å². The molecule has 0 saturated carbocycles. The predicted molar refractivity (Wildman–Crippen MR) is 102 cm³/mol. The van der Waals surface area contributed by atoms with Gasteiger partial charge in [0.2, 0.25) is 0 Å². The molecule has 2 aromatic carbocycles. The zero-order valence-electron chi connectivity index (χ0n) is 14.6. The molecule has 6 heteroatoms. The first kappa shape index (κ1) is 17.4. The van der Waals surface area contributed by atoms with Crippen LogP contribution in [0.5, 0.6) is 5.75 Å². The standard InChI is InChI=1S/C20H20N4O2/c1-14(2)26-17-10-8-16(9-11-17)23-19-12-18(21-13-22-19)20(25)24-15-6-4-3-5-7-15/h3-14H,1-2H3,(H,24,25)(H,21,22,23). The van der Waals surface area contributed by atoms with Crippen molar-refractivity contribution < 1.29 is 9.53 Å². The molecule has 0 saturated heterocycles. The van der Waals surface area contributed by atoms with E-state index < -0.39 is 0 Å². The fourth-order valence-corrected chi connectivity index (χ4v) is 2.30. The molecule has 0 spiro atoms. The van der Waals surface area contributed by atoms with E-state index in [9.17, 15) is 4.79 Å². The summed E-state index contributed by atoms with van der Waals surface area (Å²) in [6, 6.07) is 18.4. The first-order chi connectivity index (χ1) is 12.6. The van der Waals surface area contributed by atoms with Crippen LogP contribution in [0.4, 0.5) is 17.2 Å². The Bertz CT molecular complexity index is 864. The lowest BCUT2D eigenvalue weighted by Crippen LogP contribution is -2.14. The number of hydrogen-bond acceptors (Lipinski definition) is 5. The summed E-state index contributed by atoms with van der Waals surface area (Å²) in [6.07, 6.45) is 1.49. The number of amides is 1. The Labute approximate surface area is 152 Å². The first-order valence-electron chi connectivity index (χ1n) is 8.32. The van der Waals surface area contributed by atoms with Crippen LogP contribution in [-0.2, 0) is 0 Å². The van der Waals surface area contributed by atoms with Crippen molar-refractivity contribution in [3.05, 3.63) is 72.7 Å². The number of anilines is 3. The summed E-state index contributed by atoms with van der Waals surface area (Å²) in [6.45, 7) is 3.96. The molecule has 0 aliphatic heterocycles. The van der Waals surface area contributed by atoms with Gasteiger partial charge in [0, 0.05) is 17.4 Å². The van der Waals surface area contributed by atoms with Crippen LogP contribution in [0.3, 0.4) is 0 Å². The van der Waals surface area contributed by atoms with Crippen LogP contribution in [0.15, 0.2) is 67.0 Å². The maximum atomic E-state index is 12.3. The first-order valence-corrected chi connectivity index (χ1v) is 8.32. The molecule has 3 rings (SSSR count). The van der Waals surface area contributed by atoms with Crippen molar-refractivity contribution in [2.45, 2.75) is 20.0 Å². The molecular formula is C20H20N4O2. The molecule has 1 heterocycles. The van der Waals surface area contributed by atoms with Crippen molar-refractivity contribution in [1.82, 2.24) is 9.97 Å². The molecule has 0 aliphatic rings. The van der Waals surface area contributed by atoms with Crippen LogP contribution in [0.25, 0.3) is 0 Å². The molecule has 26 heavy (non-hydrogen) atoms. The van der Waals surface area contributed by atoms with E-state index in [0.29, 0.717) is 11.5 Å². The zero-order chi connectivity index (χ0) is 18.4. The quantitative estimate of drug-likeness (QED) is 0.696. The summed E-state index contributed by atoms with van der Waals surface area (Å²) in [5.41, 5.74) is 1.84. The zero-order valence-corrected chi connectivity index (χ0v) is 14.6. The number of aromatic nitrogens is 2. The number of hydrogen-bond donors (Lipinski definition) is 2. The molecule has 0 bridgehead atoms. The maximum absolute atomic E-state index is 12.3. The van der Waals surface area contributed by atoms with Gasteiger partial charge in [-0.15, -0.1) is 0 Å². The van der Waals surface area contributed by atoms with Crippen molar-refractivity contribution >= 4 is 23.1 Å². The number of nitrogens with one attached hydrogen (secondary N) is 2. The highest BCUT2D eigenvalue weighted by atomic mass is 16.5. The van der Waals surface area contributed by atoms with Gasteiger partial charge in [-0.2, -0.15) is 0 Å². The second kappa shape index (κ2) is 8.11. The Morgan fingerprint density at radius 1 is 0.962 bits per heavy atom. The molecule has 2 N–H and O–H groups in total.